The van der Waals surface area contributed by atoms with Gasteiger partial charge in [0.2, 0.25) is 11.5 Å². The summed E-state index contributed by atoms with van der Waals surface area (Å²) in [5, 5.41) is 3.48. The van der Waals surface area contributed by atoms with Crippen LogP contribution in [0, 0.1) is 0 Å². The second-order valence-electron chi connectivity index (χ2n) is 4.63. The highest BCUT2D eigenvalue weighted by Gasteiger charge is 2.44. The molecule has 0 aromatic heterocycles. The molecule has 0 aromatic carbocycles. The molecule has 1 saturated heterocycles. The molecule has 7 heteroatoms. The van der Waals surface area contributed by atoms with Crippen molar-refractivity contribution >= 4 is 39.9 Å². The number of halogens is 2. The molecule has 4 nitrogen and oxygen atoms in total. The first-order chi connectivity index (χ1) is 7.60. The van der Waals surface area contributed by atoms with Crippen LogP contribution in [-0.4, -0.2) is 39.9 Å². The number of hydrogen-bond acceptors (Lipinski definition) is 4. The Balaban J connectivity index is 0.00000108. The van der Waals surface area contributed by atoms with Gasteiger partial charge < -0.3 is 21.9 Å². The van der Waals surface area contributed by atoms with E-state index in [0.717, 1.165) is 18.3 Å². The van der Waals surface area contributed by atoms with Gasteiger partial charge in [0.05, 0.1) is 11.9 Å². The number of fused-ring (bicyclic) bond motifs is 2. The standard InChI is InChI=1S/C10H13BrN4S.BrH/c1-10(2)6(11)3-16-9-7-8(13-4-12-7)14-5-15(9)10;/h5-6,12H,3-4H2,1-2H3;1H. The highest BCUT2D eigenvalue weighted by molar-refractivity contribution is 9.09. The summed E-state index contributed by atoms with van der Waals surface area (Å²) in [6, 6.07) is 0. The molecule has 0 spiro atoms. The van der Waals surface area contributed by atoms with Crippen LogP contribution in [0.3, 0.4) is 0 Å². The fraction of sp³-hybridized carbons (Fsp3) is 0.600. The van der Waals surface area contributed by atoms with Gasteiger partial charge >= 0.3 is 0 Å². The van der Waals surface area contributed by atoms with Crippen molar-refractivity contribution < 1.29 is 22.3 Å². The third-order valence-corrected chi connectivity index (χ3v) is 6.34. The fourth-order valence-corrected chi connectivity index (χ4v) is 4.13. The zero-order valence-corrected chi connectivity index (χ0v) is 13.6. The summed E-state index contributed by atoms with van der Waals surface area (Å²) >= 11 is 5.65. The van der Waals surface area contributed by atoms with E-state index in [1.165, 1.54) is 10.7 Å². The van der Waals surface area contributed by atoms with E-state index in [1.54, 1.807) is 0 Å². The zero-order chi connectivity index (χ0) is 11.3. The minimum Gasteiger partial charge on any atom is -1.00 e. The first-order valence-corrected chi connectivity index (χ1v) is 7.23. The molecule has 0 bridgehead atoms. The second-order valence-corrected chi connectivity index (χ2v) is 6.75. The fourth-order valence-electron chi connectivity index (χ4n) is 2.05. The van der Waals surface area contributed by atoms with Crippen molar-refractivity contribution in [1.29, 1.82) is 0 Å². The number of hydrogen-bond donors (Lipinski definition) is 1. The molecule has 1 atom stereocenters. The van der Waals surface area contributed by atoms with Gasteiger partial charge in [-0.2, -0.15) is 0 Å². The van der Waals surface area contributed by atoms with Crippen LogP contribution in [0.25, 0.3) is 0 Å². The minimum absolute atomic E-state index is 0. The summed E-state index contributed by atoms with van der Waals surface area (Å²) in [5.74, 6) is 2.00. The second kappa shape index (κ2) is 4.68. The Bertz CT molecular complexity index is 430. The number of alkyl halides is 1. The summed E-state index contributed by atoms with van der Waals surface area (Å²) in [7, 11) is 0. The topological polar surface area (TPSA) is 44.6 Å². The van der Waals surface area contributed by atoms with Gasteiger partial charge in [-0.15, -0.1) is 11.8 Å². The van der Waals surface area contributed by atoms with E-state index in [9.17, 15) is 0 Å². The molecule has 2 N–H and O–H groups in total. The lowest BCUT2D eigenvalue weighted by Gasteiger charge is -2.46. The highest BCUT2D eigenvalue weighted by Crippen LogP contribution is 2.41. The number of nitrogens with zero attached hydrogens (tertiary/aromatic N) is 3. The molecule has 17 heavy (non-hydrogen) atoms. The zero-order valence-electron chi connectivity index (χ0n) is 9.65. The molecule has 3 aliphatic rings. The van der Waals surface area contributed by atoms with Gasteiger partial charge in [0.15, 0.2) is 6.67 Å². The Morgan fingerprint density at radius 1 is 1.59 bits per heavy atom. The maximum Gasteiger partial charge on any atom is 0.219 e. The molecular weight excluding hydrogens is 368 g/mol. The average molecular weight is 382 g/mol. The Morgan fingerprint density at radius 3 is 3.12 bits per heavy atom. The molecule has 1 unspecified atom stereocenters. The smallest absolute Gasteiger partial charge is 0.219 e. The number of rotatable bonds is 0. The quantitative estimate of drug-likeness (QED) is 0.481. The van der Waals surface area contributed by atoms with Gasteiger partial charge in [-0.1, -0.05) is 15.9 Å². The van der Waals surface area contributed by atoms with E-state index >= 15 is 0 Å². The Hall–Kier alpha value is 0.150. The molecule has 3 heterocycles. The molecule has 1 fully saturated rings. The number of aliphatic imine (C=N–C) groups is 2. The summed E-state index contributed by atoms with van der Waals surface area (Å²) in [6.07, 6.45) is 1.93. The van der Waals surface area contributed by atoms with Crippen molar-refractivity contribution in [2.75, 3.05) is 12.4 Å². The number of amidine groups is 1. The average Bonchev–Trinajstić information content (AvgIpc) is 2.71. The van der Waals surface area contributed by atoms with Crippen LogP contribution in [-0.2, 0) is 0 Å². The Morgan fingerprint density at radius 2 is 2.35 bits per heavy atom. The van der Waals surface area contributed by atoms with Crippen molar-refractivity contribution in [3.63, 3.8) is 0 Å². The van der Waals surface area contributed by atoms with E-state index in [4.69, 9.17) is 0 Å². The van der Waals surface area contributed by atoms with Gasteiger partial charge in [0.25, 0.3) is 0 Å². The van der Waals surface area contributed by atoms with Crippen molar-refractivity contribution in [3.05, 3.63) is 10.7 Å². The molecule has 0 saturated carbocycles. The molecule has 0 amide bonds. The van der Waals surface area contributed by atoms with Crippen LogP contribution in [0.1, 0.15) is 13.8 Å². The maximum absolute atomic E-state index is 4.43. The van der Waals surface area contributed by atoms with Gasteiger partial charge in [0, 0.05) is 10.6 Å². The lowest BCUT2D eigenvalue weighted by molar-refractivity contribution is -0.591. The first kappa shape index (κ1) is 13.6. The lowest BCUT2D eigenvalue weighted by atomic mass is 9.99. The van der Waals surface area contributed by atoms with Crippen molar-refractivity contribution in [1.82, 2.24) is 4.90 Å². The van der Waals surface area contributed by atoms with Crippen LogP contribution >= 0.6 is 27.7 Å². The SMILES string of the molecule is CC1(C)C(Br)CSC2=C3[NH2+]CN=C3N=CN21.[Br-]. The number of quaternary nitrogens is 1. The first-order valence-electron chi connectivity index (χ1n) is 5.33. The lowest BCUT2D eigenvalue weighted by Crippen LogP contribution is -3.00. The number of nitrogens with two attached hydrogens (primary N) is 1. The molecule has 0 aromatic rings. The van der Waals surface area contributed by atoms with E-state index in [2.05, 4.69) is 50.0 Å². The Labute approximate surface area is 124 Å². The Kier molecular flexibility index (Phi) is 3.74. The summed E-state index contributed by atoms with van der Waals surface area (Å²) in [5.41, 5.74) is 1.29. The largest absolute Gasteiger partial charge is 1.00 e. The third-order valence-electron chi connectivity index (χ3n) is 3.28. The van der Waals surface area contributed by atoms with Crippen molar-refractivity contribution in [2.45, 2.75) is 24.2 Å². The van der Waals surface area contributed by atoms with E-state index in [1.807, 2.05) is 18.1 Å². The van der Waals surface area contributed by atoms with Crippen LogP contribution in [0.15, 0.2) is 20.7 Å². The van der Waals surface area contributed by atoms with Gasteiger partial charge in [0.1, 0.15) is 5.03 Å². The van der Waals surface area contributed by atoms with Crippen molar-refractivity contribution in [2.24, 2.45) is 9.98 Å². The number of thioether (sulfide) groups is 1. The van der Waals surface area contributed by atoms with Gasteiger partial charge in [-0.25, -0.2) is 9.98 Å². The molecule has 0 radical (unpaired) electrons. The molecular formula is C10H14Br2N4S. The van der Waals surface area contributed by atoms with E-state index < -0.39 is 0 Å². The third kappa shape index (κ3) is 2.01. The molecule has 3 rings (SSSR count). The molecule has 0 aliphatic carbocycles. The molecule has 94 valence electrons. The predicted molar refractivity (Wildman–Crippen MR) is 70.8 cm³/mol. The minimum atomic E-state index is 0. The summed E-state index contributed by atoms with van der Waals surface area (Å²) in [4.78, 5) is 11.6. The monoisotopic (exact) mass is 380 g/mol. The van der Waals surface area contributed by atoms with Crippen molar-refractivity contribution in [3.8, 4) is 0 Å². The van der Waals surface area contributed by atoms with E-state index in [0.29, 0.717) is 4.83 Å². The molecule has 3 aliphatic heterocycles. The van der Waals surface area contributed by atoms with E-state index in [-0.39, 0.29) is 22.5 Å². The predicted octanol–water partition coefficient (Wildman–Crippen LogP) is -2.27. The van der Waals surface area contributed by atoms with Crippen LogP contribution < -0.4 is 22.3 Å². The summed E-state index contributed by atoms with van der Waals surface area (Å²) < 4.78 is 0. The highest BCUT2D eigenvalue weighted by atomic mass is 79.9. The summed E-state index contributed by atoms with van der Waals surface area (Å²) in [6.45, 7) is 5.27. The van der Waals surface area contributed by atoms with Crippen LogP contribution in [0.5, 0.6) is 0 Å². The maximum atomic E-state index is 4.43. The van der Waals surface area contributed by atoms with Crippen LogP contribution in [0.2, 0.25) is 0 Å². The van der Waals surface area contributed by atoms with Gasteiger partial charge in [-0.05, 0) is 13.8 Å². The normalized spacial score (nSPS) is 29.5. The van der Waals surface area contributed by atoms with Gasteiger partial charge in [-0.3, -0.25) is 5.32 Å². The van der Waals surface area contributed by atoms with Crippen LogP contribution in [0.4, 0.5) is 0 Å².